The highest BCUT2D eigenvalue weighted by molar-refractivity contribution is 5.44. The fourth-order valence-electron chi connectivity index (χ4n) is 2.68. The first-order valence-electron chi connectivity index (χ1n) is 6.72. The second-order valence-corrected chi connectivity index (χ2v) is 5.33. The number of aryl methyl sites for hydroxylation is 2. The largest absolute Gasteiger partial charge is 0.382 e. The van der Waals surface area contributed by atoms with Crippen molar-refractivity contribution >= 4 is 5.82 Å². The molecule has 2 N–H and O–H groups in total. The number of hydrogen-bond acceptors (Lipinski definition) is 6. The normalized spacial score (nSPS) is 23.1. The zero-order chi connectivity index (χ0) is 14.2. The number of anilines is 1. The lowest BCUT2D eigenvalue weighted by atomic mass is 9.90. The average Bonchev–Trinajstić information content (AvgIpc) is 2.96. The molecule has 1 unspecified atom stereocenters. The summed E-state index contributed by atoms with van der Waals surface area (Å²) in [5.41, 5.74) is 1.35. The summed E-state index contributed by atoms with van der Waals surface area (Å²) in [6.07, 6.45) is 4.89. The summed E-state index contributed by atoms with van der Waals surface area (Å²) in [7, 11) is 0. The summed E-state index contributed by atoms with van der Waals surface area (Å²) >= 11 is 0. The average molecular weight is 274 g/mol. The molecule has 3 heterocycles. The highest BCUT2D eigenvalue weighted by Crippen LogP contribution is 2.32. The lowest BCUT2D eigenvalue weighted by Gasteiger charge is -2.38. The van der Waals surface area contributed by atoms with Gasteiger partial charge in [0.05, 0.1) is 24.1 Å². The van der Waals surface area contributed by atoms with Gasteiger partial charge in [-0.3, -0.25) is 4.98 Å². The van der Waals surface area contributed by atoms with Crippen molar-refractivity contribution in [3.63, 3.8) is 0 Å². The number of rotatable bonds is 2. The van der Waals surface area contributed by atoms with Crippen LogP contribution in [0.4, 0.5) is 5.82 Å². The highest BCUT2D eigenvalue weighted by Gasteiger charge is 2.38. The van der Waals surface area contributed by atoms with Crippen molar-refractivity contribution in [1.82, 2.24) is 25.4 Å². The monoisotopic (exact) mass is 274 g/mol. The van der Waals surface area contributed by atoms with Crippen LogP contribution in [0, 0.1) is 13.8 Å². The molecule has 0 radical (unpaired) electrons. The molecule has 20 heavy (non-hydrogen) atoms. The number of nitrogens with one attached hydrogen (secondary N) is 1. The molecule has 0 aromatic carbocycles. The standard InChI is InChI=1S/C13H18N6O/c1-9-6-14-10(2)12(16-9)19-5-3-4-13(20,8-19)11-7-15-18-17-11/h6-7,20H,3-5,8H2,1-2H3,(H,15,17,18). The van der Waals surface area contributed by atoms with Crippen molar-refractivity contribution in [2.45, 2.75) is 32.3 Å². The quantitative estimate of drug-likeness (QED) is 0.837. The Morgan fingerprint density at radius 2 is 2.20 bits per heavy atom. The summed E-state index contributed by atoms with van der Waals surface area (Å²) < 4.78 is 0. The van der Waals surface area contributed by atoms with Crippen molar-refractivity contribution in [2.75, 3.05) is 18.0 Å². The van der Waals surface area contributed by atoms with Gasteiger partial charge in [-0.15, -0.1) is 0 Å². The maximum atomic E-state index is 10.8. The maximum Gasteiger partial charge on any atom is 0.150 e. The number of aromatic amines is 1. The van der Waals surface area contributed by atoms with Gasteiger partial charge in [0.25, 0.3) is 0 Å². The summed E-state index contributed by atoms with van der Waals surface area (Å²) in [6, 6.07) is 0. The minimum atomic E-state index is -0.983. The molecule has 1 atom stereocenters. The van der Waals surface area contributed by atoms with Crippen molar-refractivity contribution in [3.05, 3.63) is 29.5 Å². The molecule has 2 aromatic heterocycles. The van der Waals surface area contributed by atoms with Crippen molar-refractivity contribution in [3.8, 4) is 0 Å². The van der Waals surface area contributed by atoms with Gasteiger partial charge in [0.1, 0.15) is 17.1 Å². The number of piperidine rings is 1. The number of H-pyrrole nitrogens is 1. The van der Waals surface area contributed by atoms with E-state index in [9.17, 15) is 5.11 Å². The Morgan fingerprint density at radius 3 is 2.95 bits per heavy atom. The molecule has 0 aliphatic carbocycles. The minimum absolute atomic E-state index is 0.457. The Bertz CT molecular complexity index is 599. The molecule has 2 aromatic rings. The van der Waals surface area contributed by atoms with Crippen LogP contribution < -0.4 is 4.90 Å². The van der Waals surface area contributed by atoms with Gasteiger partial charge >= 0.3 is 0 Å². The molecule has 7 nitrogen and oxygen atoms in total. The van der Waals surface area contributed by atoms with Crippen molar-refractivity contribution in [1.29, 1.82) is 0 Å². The van der Waals surface area contributed by atoms with E-state index in [1.165, 1.54) is 0 Å². The second-order valence-electron chi connectivity index (χ2n) is 5.33. The lowest BCUT2D eigenvalue weighted by molar-refractivity contribution is 0.0174. The molecular weight excluding hydrogens is 256 g/mol. The molecule has 1 aliphatic heterocycles. The Hall–Kier alpha value is -2.02. The minimum Gasteiger partial charge on any atom is -0.382 e. The highest BCUT2D eigenvalue weighted by atomic mass is 16.3. The smallest absolute Gasteiger partial charge is 0.150 e. The molecule has 0 spiro atoms. The van der Waals surface area contributed by atoms with Gasteiger partial charge < -0.3 is 10.0 Å². The first kappa shape index (κ1) is 13.0. The van der Waals surface area contributed by atoms with E-state index in [0.717, 1.165) is 30.2 Å². The van der Waals surface area contributed by atoms with Crippen LogP contribution in [0.25, 0.3) is 0 Å². The van der Waals surface area contributed by atoms with Crippen LogP contribution in [0.1, 0.15) is 29.9 Å². The zero-order valence-electron chi connectivity index (χ0n) is 11.7. The Morgan fingerprint density at radius 1 is 1.35 bits per heavy atom. The Kier molecular flexibility index (Phi) is 3.13. The van der Waals surface area contributed by atoms with E-state index >= 15 is 0 Å². The summed E-state index contributed by atoms with van der Waals surface area (Å²) in [6.45, 7) is 5.17. The predicted octanol–water partition coefficient (Wildman–Crippen LogP) is 0.700. The van der Waals surface area contributed by atoms with E-state index in [-0.39, 0.29) is 0 Å². The van der Waals surface area contributed by atoms with Crippen LogP contribution in [0.3, 0.4) is 0 Å². The molecule has 1 saturated heterocycles. The molecule has 7 heteroatoms. The molecule has 1 aliphatic rings. The Labute approximate surface area is 117 Å². The SMILES string of the molecule is Cc1cnc(C)c(N2CCCC(O)(c3cn[nH]n3)C2)n1. The number of hydrogen-bond donors (Lipinski definition) is 2. The van der Waals surface area contributed by atoms with E-state index in [1.807, 2.05) is 13.8 Å². The molecule has 106 valence electrons. The fraction of sp³-hybridized carbons (Fsp3) is 0.538. The molecule has 0 amide bonds. The zero-order valence-corrected chi connectivity index (χ0v) is 11.7. The van der Waals surface area contributed by atoms with Crippen LogP contribution >= 0.6 is 0 Å². The van der Waals surface area contributed by atoms with E-state index in [2.05, 4.69) is 30.3 Å². The third kappa shape index (κ3) is 2.24. The molecular formula is C13H18N6O. The third-order valence-electron chi connectivity index (χ3n) is 3.71. The van der Waals surface area contributed by atoms with Gasteiger partial charge in [-0.1, -0.05) is 0 Å². The fourth-order valence-corrected chi connectivity index (χ4v) is 2.68. The molecule has 3 rings (SSSR count). The van der Waals surface area contributed by atoms with E-state index < -0.39 is 5.60 Å². The van der Waals surface area contributed by atoms with Crippen LogP contribution in [0.15, 0.2) is 12.4 Å². The Balaban J connectivity index is 1.90. The van der Waals surface area contributed by atoms with Crippen molar-refractivity contribution in [2.24, 2.45) is 0 Å². The maximum absolute atomic E-state index is 10.8. The summed E-state index contributed by atoms with van der Waals surface area (Å²) in [5, 5.41) is 21.2. The van der Waals surface area contributed by atoms with E-state index in [0.29, 0.717) is 18.7 Å². The topological polar surface area (TPSA) is 90.8 Å². The number of β-amino-alcohol motifs (C(OH)–C–C–N with tert-alkyl or cyclic N) is 1. The van der Waals surface area contributed by atoms with Crippen LogP contribution in [-0.4, -0.2) is 43.6 Å². The molecule has 0 bridgehead atoms. The number of aliphatic hydroxyl groups is 1. The van der Waals surface area contributed by atoms with Gasteiger partial charge in [0, 0.05) is 12.7 Å². The van der Waals surface area contributed by atoms with Crippen LogP contribution in [0.2, 0.25) is 0 Å². The number of aromatic nitrogens is 5. The summed E-state index contributed by atoms with van der Waals surface area (Å²) in [5.74, 6) is 0.839. The van der Waals surface area contributed by atoms with Crippen LogP contribution in [-0.2, 0) is 5.60 Å². The number of nitrogens with zero attached hydrogens (tertiary/aromatic N) is 5. The van der Waals surface area contributed by atoms with Crippen LogP contribution in [0.5, 0.6) is 0 Å². The van der Waals surface area contributed by atoms with Gasteiger partial charge in [-0.2, -0.15) is 15.4 Å². The van der Waals surface area contributed by atoms with Crippen molar-refractivity contribution < 1.29 is 5.11 Å². The van der Waals surface area contributed by atoms with Gasteiger partial charge in [0.15, 0.2) is 0 Å². The first-order chi connectivity index (χ1) is 9.58. The van der Waals surface area contributed by atoms with Gasteiger partial charge in [-0.05, 0) is 26.7 Å². The molecule has 1 fully saturated rings. The van der Waals surface area contributed by atoms with E-state index in [1.54, 1.807) is 12.4 Å². The van der Waals surface area contributed by atoms with Gasteiger partial charge in [0.2, 0.25) is 0 Å². The third-order valence-corrected chi connectivity index (χ3v) is 3.71. The second kappa shape index (κ2) is 4.82. The summed E-state index contributed by atoms with van der Waals surface area (Å²) in [4.78, 5) is 11.0. The lowest BCUT2D eigenvalue weighted by Crippen LogP contribution is -2.47. The van der Waals surface area contributed by atoms with E-state index in [4.69, 9.17) is 0 Å². The van der Waals surface area contributed by atoms with Gasteiger partial charge in [-0.25, -0.2) is 4.98 Å². The first-order valence-corrected chi connectivity index (χ1v) is 6.72. The molecule has 0 saturated carbocycles. The predicted molar refractivity (Wildman–Crippen MR) is 73.2 cm³/mol.